The van der Waals surface area contributed by atoms with E-state index in [2.05, 4.69) is 4.98 Å². The molecule has 1 heterocycles. The minimum Gasteiger partial charge on any atom is -0.334 e. The lowest BCUT2D eigenvalue weighted by Gasteiger charge is -2.18. The van der Waals surface area contributed by atoms with E-state index in [1.54, 1.807) is 12.1 Å². The summed E-state index contributed by atoms with van der Waals surface area (Å²) in [6.45, 7) is -0.105. The van der Waals surface area contributed by atoms with E-state index in [9.17, 15) is 18.0 Å². The molecule has 0 fully saturated rings. The second-order valence-electron chi connectivity index (χ2n) is 3.02. The van der Waals surface area contributed by atoms with Crippen LogP contribution in [-0.2, 0) is 11.3 Å². The number of alkyl halides is 3. The second kappa shape index (κ2) is 4.29. The van der Waals surface area contributed by atoms with E-state index in [-0.39, 0.29) is 6.54 Å². The molecule has 1 aromatic rings. The molecule has 1 aromatic heterocycles. The lowest BCUT2D eigenvalue weighted by Crippen LogP contribution is -2.37. The molecule has 0 bridgehead atoms. The molecule has 0 radical (unpaired) electrons. The fourth-order valence-corrected chi connectivity index (χ4v) is 1.05. The van der Waals surface area contributed by atoms with Gasteiger partial charge in [0, 0.05) is 26.0 Å². The highest BCUT2D eigenvalue weighted by molar-refractivity contribution is 5.81. The van der Waals surface area contributed by atoms with Crippen LogP contribution in [0, 0.1) is 0 Å². The number of aromatic nitrogens is 1. The van der Waals surface area contributed by atoms with Gasteiger partial charge in [-0.05, 0) is 11.6 Å². The van der Waals surface area contributed by atoms with Crippen molar-refractivity contribution in [3.63, 3.8) is 0 Å². The first kappa shape index (κ1) is 11.5. The minimum absolute atomic E-state index is 0.105. The fraction of sp³-hybridized carbons (Fsp3) is 0.333. The Labute approximate surface area is 84.5 Å². The molecule has 6 heteroatoms. The molecule has 3 nitrogen and oxygen atoms in total. The highest BCUT2D eigenvalue weighted by Gasteiger charge is 2.41. The summed E-state index contributed by atoms with van der Waals surface area (Å²) in [5, 5.41) is 0. The topological polar surface area (TPSA) is 33.2 Å². The molecule has 1 amide bonds. The van der Waals surface area contributed by atoms with Gasteiger partial charge in [0.2, 0.25) is 0 Å². The van der Waals surface area contributed by atoms with Crippen molar-refractivity contribution in [3.8, 4) is 0 Å². The van der Waals surface area contributed by atoms with E-state index in [4.69, 9.17) is 0 Å². The molecular formula is C9H9F3N2O. The number of amides is 1. The molecule has 0 aromatic carbocycles. The summed E-state index contributed by atoms with van der Waals surface area (Å²) < 4.78 is 36.0. The molecule has 15 heavy (non-hydrogen) atoms. The summed E-state index contributed by atoms with van der Waals surface area (Å²) in [7, 11) is 1.10. The standard InChI is InChI=1S/C9H9F3N2O/c1-14(8(15)9(10,11)12)6-7-3-2-4-13-5-7/h2-5H,6H2,1H3. The third kappa shape index (κ3) is 3.23. The highest BCUT2D eigenvalue weighted by Crippen LogP contribution is 2.18. The van der Waals surface area contributed by atoms with Crippen LogP contribution in [0.25, 0.3) is 0 Å². The summed E-state index contributed by atoms with van der Waals surface area (Å²) in [4.78, 5) is 15.1. The van der Waals surface area contributed by atoms with Crippen molar-refractivity contribution in [2.75, 3.05) is 7.05 Å². The van der Waals surface area contributed by atoms with Crippen LogP contribution >= 0.6 is 0 Å². The summed E-state index contributed by atoms with van der Waals surface area (Å²) in [5.74, 6) is -1.86. The Morgan fingerprint density at radius 1 is 1.53 bits per heavy atom. The van der Waals surface area contributed by atoms with Crippen molar-refractivity contribution in [2.45, 2.75) is 12.7 Å². The van der Waals surface area contributed by atoms with Crippen molar-refractivity contribution in [3.05, 3.63) is 30.1 Å². The van der Waals surface area contributed by atoms with E-state index in [0.29, 0.717) is 10.5 Å². The number of pyridine rings is 1. The largest absolute Gasteiger partial charge is 0.471 e. The number of halogens is 3. The number of carbonyl (C=O) groups is 1. The molecule has 0 aliphatic heterocycles. The van der Waals surface area contributed by atoms with Crippen molar-refractivity contribution in [1.82, 2.24) is 9.88 Å². The smallest absolute Gasteiger partial charge is 0.334 e. The van der Waals surface area contributed by atoms with Crippen molar-refractivity contribution in [2.24, 2.45) is 0 Å². The number of rotatable bonds is 2. The Hall–Kier alpha value is -1.59. The molecule has 0 saturated carbocycles. The van der Waals surface area contributed by atoms with Gasteiger partial charge in [-0.1, -0.05) is 6.07 Å². The van der Waals surface area contributed by atoms with Gasteiger partial charge in [-0.15, -0.1) is 0 Å². The minimum atomic E-state index is -4.82. The number of hydrogen-bond donors (Lipinski definition) is 0. The fourth-order valence-electron chi connectivity index (χ4n) is 1.05. The maximum atomic E-state index is 12.0. The second-order valence-corrected chi connectivity index (χ2v) is 3.02. The highest BCUT2D eigenvalue weighted by atomic mass is 19.4. The van der Waals surface area contributed by atoms with Crippen molar-refractivity contribution in [1.29, 1.82) is 0 Å². The van der Waals surface area contributed by atoms with Crippen LogP contribution in [0.1, 0.15) is 5.56 Å². The quantitative estimate of drug-likeness (QED) is 0.755. The van der Waals surface area contributed by atoms with Gasteiger partial charge in [-0.2, -0.15) is 13.2 Å². The van der Waals surface area contributed by atoms with E-state index in [0.717, 1.165) is 7.05 Å². The zero-order chi connectivity index (χ0) is 11.5. The Bertz CT molecular complexity index is 337. The predicted octanol–water partition coefficient (Wildman–Crippen LogP) is 1.60. The van der Waals surface area contributed by atoms with E-state index >= 15 is 0 Å². The van der Waals surface area contributed by atoms with Gasteiger partial charge in [-0.3, -0.25) is 9.78 Å². The zero-order valence-corrected chi connectivity index (χ0v) is 7.95. The molecule has 82 valence electrons. The molecule has 0 atom stereocenters. The number of carbonyl (C=O) groups excluding carboxylic acids is 1. The van der Waals surface area contributed by atoms with E-state index in [1.165, 1.54) is 12.4 Å². The van der Waals surface area contributed by atoms with E-state index < -0.39 is 12.1 Å². The van der Waals surface area contributed by atoms with Crippen LogP contribution in [0.15, 0.2) is 24.5 Å². The normalized spacial score (nSPS) is 11.2. The van der Waals surface area contributed by atoms with Gasteiger partial charge >= 0.3 is 12.1 Å². The summed E-state index contributed by atoms with van der Waals surface area (Å²) in [6.07, 6.45) is -1.90. The van der Waals surface area contributed by atoms with Gasteiger partial charge < -0.3 is 4.90 Å². The van der Waals surface area contributed by atoms with Gasteiger partial charge in [0.1, 0.15) is 0 Å². The Morgan fingerprint density at radius 3 is 2.67 bits per heavy atom. The third-order valence-corrected chi connectivity index (χ3v) is 1.73. The average Bonchev–Trinajstić information content (AvgIpc) is 2.16. The molecular weight excluding hydrogens is 209 g/mol. The maximum absolute atomic E-state index is 12.0. The molecule has 0 spiro atoms. The first-order valence-corrected chi connectivity index (χ1v) is 4.12. The van der Waals surface area contributed by atoms with Crippen LogP contribution in [0.3, 0.4) is 0 Å². The Kier molecular flexibility index (Phi) is 3.28. The van der Waals surface area contributed by atoms with Crippen molar-refractivity contribution >= 4 is 5.91 Å². The monoisotopic (exact) mass is 218 g/mol. The Balaban J connectivity index is 2.65. The maximum Gasteiger partial charge on any atom is 0.471 e. The van der Waals surface area contributed by atoms with Gasteiger partial charge in [-0.25, -0.2) is 0 Å². The van der Waals surface area contributed by atoms with Crippen molar-refractivity contribution < 1.29 is 18.0 Å². The lowest BCUT2D eigenvalue weighted by atomic mass is 10.2. The van der Waals surface area contributed by atoms with Gasteiger partial charge in [0.25, 0.3) is 0 Å². The molecule has 0 saturated heterocycles. The summed E-state index contributed by atoms with van der Waals surface area (Å²) in [5.41, 5.74) is 0.553. The molecule has 0 aliphatic carbocycles. The summed E-state index contributed by atoms with van der Waals surface area (Å²) >= 11 is 0. The molecule has 0 unspecified atom stereocenters. The zero-order valence-electron chi connectivity index (χ0n) is 7.95. The lowest BCUT2D eigenvalue weighted by molar-refractivity contribution is -0.184. The van der Waals surface area contributed by atoms with Crippen LogP contribution in [0.5, 0.6) is 0 Å². The number of hydrogen-bond acceptors (Lipinski definition) is 2. The molecule has 0 N–H and O–H groups in total. The van der Waals surface area contributed by atoms with Gasteiger partial charge in [0.05, 0.1) is 0 Å². The molecule has 1 rings (SSSR count). The SMILES string of the molecule is CN(Cc1cccnc1)C(=O)C(F)(F)F. The summed E-state index contributed by atoms with van der Waals surface area (Å²) in [6, 6.07) is 3.20. The first-order chi connectivity index (χ1) is 6.91. The average molecular weight is 218 g/mol. The molecule has 0 aliphatic rings. The number of nitrogens with zero attached hydrogens (tertiary/aromatic N) is 2. The van der Waals surface area contributed by atoms with Gasteiger partial charge in [0.15, 0.2) is 0 Å². The van der Waals surface area contributed by atoms with Crippen LogP contribution in [0.4, 0.5) is 13.2 Å². The predicted molar refractivity (Wildman–Crippen MR) is 46.8 cm³/mol. The first-order valence-electron chi connectivity index (χ1n) is 4.12. The van der Waals surface area contributed by atoms with Crippen LogP contribution < -0.4 is 0 Å². The van der Waals surface area contributed by atoms with Crippen LogP contribution in [0.2, 0.25) is 0 Å². The Morgan fingerprint density at radius 2 is 2.20 bits per heavy atom. The van der Waals surface area contributed by atoms with Crippen LogP contribution in [-0.4, -0.2) is 29.0 Å². The third-order valence-electron chi connectivity index (χ3n) is 1.73. The van der Waals surface area contributed by atoms with E-state index in [1.807, 2.05) is 0 Å².